The van der Waals surface area contributed by atoms with Crippen molar-refractivity contribution >= 4 is 20.8 Å². The predicted molar refractivity (Wildman–Crippen MR) is 98.3 cm³/mol. The number of nitrogens with zero attached hydrogens (tertiary/aromatic N) is 3. The van der Waals surface area contributed by atoms with Gasteiger partial charge < -0.3 is 4.74 Å². The molecule has 0 spiro atoms. The Morgan fingerprint density at radius 2 is 1.82 bits per heavy atom. The van der Waals surface area contributed by atoms with Crippen molar-refractivity contribution in [3.63, 3.8) is 0 Å². The molecule has 0 N–H and O–H groups in total. The van der Waals surface area contributed by atoms with Gasteiger partial charge in [0.2, 0.25) is 15.9 Å². The van der Waals surface area contributed by atoms with Gasteiger partial charge in [0, 0.05) is 29.9 Å². The number of ether oxygens (including phenoxy) is 1. The summed E-state index contributed by atoms with van der Waals surface area (Å²) in [5.41, 5.74) is 0. The second-order valence-corrected chi connectivity index (χ2v) is 8.44. The monoisotopic (exact) mass is 405 g/mol. The maximum Gasteiger partial charge on any atom is 0.245 e. The Hall–Kier alpha value is -2.65. The number of sulfonamides is 1. The first-order valence-electron chi connectivity index (χ1n) is 8.77. The highest BCUT2D eigenvalue weighted by Crippen LogP contribution is 2.27. The molecule has 0 saturated carbocycles. The van der Waals surface area contributed by atoms with Crippen molar-refractivity contribution in [1.29, 1.82) is 0 Å². The normalized spacial score (nSPS) is 16.4. The van der Waals surface area contributed by atoms with Crippen LogP contribution in [0.4, 0.5) is 8.78 Å². The van der Waals surface area contributed by atoms with Crippen molar-refractivity contribution < 1.29 is 21.9 Å². The molecule has 0 radical (unpaired) electrons. The van der Waals surface area contributed by atoms with Crippen LogP contribution in [0.25, 0.3) is 10.8 Å². The number of hydrogen-bond donors (Lipinski definition) is 0. The highest BCUT2D eigenvalue weighted by Gasteiger charge is 2.32. The summed E-state index contributed by atoms with van der Waals surface area (Å²) in [4.78, 5) is -0.520. The van der Waals surface area contributed by atoms with Gasteiger partial charge in [0.15, 0.2) is 0 Å². The van der Waals surface area contributed by atoms with Gasteiger partial charge in [-0.1, -0.05) is 18.2 Å². The molecule has 6 nitrogen and oxygen atoms in total. The Bertz CT molecular complexity index is 1110. The van der Waals surface area contributed by atoms with E-state index in [1.165, 1.54) is 4.31 Å². The topological polar surface area (TPSA) is 72.4 Å². The van der Waals surface area contributed by atoms with E-state index in [0.717, 1.165) is 22.9 Å². The zero-order chi connectivity index (χ0) is 19.7. The van der Waals surface area contributed by atoms with E-state index in [1.807, 2.05) is 24.3 Å². The van der Waals surface area contributed by atoms with E-state index in [0.29, 0.717) is 24.8 Å². The Morgan fingerprint density at radius 1 is 1.07 bits per heavy atom. The first-order chi connectivity index (χ1) is 13.4. The molecule has 2 heterocycles. The van der Waals surface area contributed by atoms with Crippen LogP contribution in [-0.4, -0.2) is 42.1 Å². The summed E-state index contributed by atoms with van der Waals surface area (Å²) in [5.74, 6) is -1.51. The molecule has 0 atom stereocenters. The summed E-state index contributed by atoms with van der Waals surface area (Å²) < 4.78 is 59.5. The zero-order valence-electron chi connectivity index (χ0n) is 14.8. The number of benzene rings is 2. The smallest absolute Gasteiger partial charge is 0.245 e. The minimum Gasteiger partial charge on any atom is -0.473 e. The van der Waals surface area contributed by atoms with Gasteiger partial charge in [0.1, 0.15) is 22.6 Å². The third-order valence-electron chi connectivity index (χ3n) is 4.73. The number of fused-ring (bicyclic) bond motifs is 1. The SMILES string of the molecule is O=S(=O)(c1ccc(F)cc1F)N1CCC(Oc2nncc3ccccc23)CC1. The minimum atomic E-state index is -4.03. The summed E-state index contributed by atoms with van der Waals surface area (Å²) in [5, 5.41) is 9.72. The van der Waals surface area contributed by atoms with E-state index in [9.17, 15) is 17.2 Å². The third kappa shape index (κ3) is 3.55. The lowest BCUT2D eigenvalue weighted by Gasteiger charge is -2.31. The average molecular weight is 405 g/mol. The maximum atomic E-state index is 13.9. The van der Waals surface area contributed by atoms with Gasteiger partial charge >= 0.3 is 0 Å². The summed E-state index contributed by atoms with van der Waals surface area (Å²) in [6.45, 7) is 0.337. The van der Waals surface area contributed by atoms with Crippen molar-refractivity contribution in [2.75, 3.05) is 13.1 Å². The molecule has 1 aliphatic rings. The molecule has 0 bridgehead atoms. The van der Waals surface area contributed by atoms with E-state index in [2.05, 4.69) is 10.2 Å². The molecule has 1 fully saturated rings. The van der Waals surface area contributed by atoms with Crippen molar-refractivity contribution in [2.45, 2.75) is 23.8 Å². The molecule has 28 heavy (non-hydrogen) atoms. The van der Waals surface area contributed by atoms with Crippen LogP contribution < -0.4 is 4.74 Å². The molecule has 2 aromatic carbocycles. The Balaban J connectivity index is 1.47. The molecule has 1 aliphatic heterocycles. The van der Waals surface area contributed by atoms with Crippen molar-refractivity contribution in [3.8, 4) is 5.88 Å². The summed E-state index contributed by atoms with van der Waals surface area (Å²) >= 11 is 0. The van der Waals surface area contributed by atoms with E-state index in [-0.39, 0.29) is 19.2 Å². The molecule has 0 aliphatic carbocycles. The molecule has 4 rings (SSSR count). The molecule has 3 aromatic rings. The zero-order valence-corrected chi connectivity index (χ0v) is 15.6. The third-order valence-corrected chi connectivity index (χ3v) is 6.66. The fourth-order valence-electron chi connectivity index (χ4n) is 3.26. The van der Waals surface area contributed by atoms with E-state index in [1.54, 1.807) is 6.20 Å². The van der Waals surface area contributed by atoms with Gasteiger partial charge in [-0.2, -0.15) is 9.40 Å². The lowest BCUT2D eigenvalue weighted by molar-refractivity contribution is 0.130. The van der Waals surface area contributed by atoms with Crippen LogP contribution in [0.3, 0.4) is 0 Å². The minimum absolute atomic E-state index is 0.169. The Morgan fingerprint density at radius 3 is 2.57 bits per heavy atom. The van der Waals surface area contributed by atoms with Gasteiger partial charge in [-0.3, -0.25) is 0 Å². The van der Waals surface area contributed by atoms with Crippen LogP contribution >= 0.6 is 0 Å². The summed E-state index contributed by atoms with van der Waals surface area (Å²) in [6.07, 6.45) is 2.26. The largest absolute Gasteiger partial charge is 0.473 e. The number of halogens is 2. The summed E-state index contributed by atoms with van der Waals surface area (Å²) in [6, 6.07) is 10.0. The first kappa shape index (κ1) is 18.7. The fraction of sp³-hybridized carbons (Fsp3) is 0.263. The highest BCUT2D eigenvalue weighted by atomic mass is 32.2. The number of rotatable bonds is 4. The van der Waals surface area contributed by atoms with Crippen molar-refractivity contribution in [3.05, 3.63) is 60.3 Å². The molecule has 9 heteroatoms. The number of hydrogen-bond acceptors (Lipinski definition) is 5. The first-order valence-corrected chi connectivity index (χ1v) is 10.2. The van der Waals surface area contributed by atoms with Gasteiger partial charge in [-0.15, -0.1) is 5.10 Å². The Labute approximate surface area is 160 Å². The highest BCUT2D eigenvalue weighted by molar-refractivity contribution is 7.89. The molecule has 0 unspecified atom stereocenters. The van der Waals surface area contributed by atoms with Crippen molar-refractivity contribution in [2.24, 2.45) is 0 Å². The van der Waals surface area contributed by atoms with Crippen LogP contribution in [0.5, 0.6) is 5.88 Å². The molecule has 0 amide bonds. The van der Waals surface area contributed by atoms with Crippen LogP contribution in [0.1, 0.15) is 12.8 Å². The summed E-state index contributed by atoms with van der Waals surface area (Å²) in [7, 11) is -4.03. The van der Waals surface area contributed by atoms with Crippen LogP contribution in [-0.2, 0) is 10.0 Å². The predicted octanol–water partition coefficient (Wildman–Crippen LogP) is 3.14. The van der Waals surface area contributed by atoms with E-state index in [4.69, 9.17) is 4.74 Å². The second kappa shape index (κ2) is 7.40. The van der Waals surface area contributed by atoms with Gasteiger partial charge in [-0.25, -0.2) is 17.2 Å². The van der Waals surface area contributed by atoms with Gasteiger partial charge in [0.05, 0.1) is 6.20 Å². The van der Waals surface area contributed by atoms with Crippen LogP contribution in [0.15, 0.2) is 53.6 Å². The molecule has 1 aromatic heterocycles. The van der Waals surface area contributed by atoms with E-state index < -0.39 is 26.6 Å². The second-order valence-electron chi connectivity index (χ2n) is 6.53. The lowest BCUT2D eigenvalue weighted by atomic mass is 10.1. The van der Waals surface area contributed by atoms with E-state index >= 15 is 0 Å². The lowest BCUT2D eigenvalue weighted by Crippen LogP contribution is -2.42. The number of piperidine rings is 1. The Kier molecular flexibility index (Phi) is 4.94. The number of aromatic nitrogens is 2. The van der Waals surface area contributed by atoms with Crippen molar-refractivity contribution in [1.82, 2.24) is 14.5 Å². The van der Waals surface area contributed by atoms with Gasteiger partial charge in [0.25, 0.3) is 0 Å². The fourth-order valence-corrected chi connectivity index (χ4v) is 4.78. The van der Waals surface area contributed by atoms with Crippen LogP contribution in [0.2, 0.25) is 0 Å². The van der Waals surface area contributed by atoms with Crippen LogP contribution in [0, 0.1) is 11.6 Å². The maximum absolute atomic E-state index is 13.9. The molecule has 1 saturated heterocycles. The quantitative estimate of drug-likeness (QED) is 0.667. The molecule has 146 valence electrons. The standard InChI is InChI=1S/C19H17F2N3O3S/c20-14-5-6-18(17(21)11-14)28(25,26)24-9-7-15(8-10-24)27-19-16-4-2-1-3-13(16)12-22-23-19/h1-6,11-12,15H,7-10H2. The van der Waals surface area contributed by atoms with Gasteiger partial charge in [-0.05, 0) is 31.0 Å². The molecular weight excluding hydrogens is 388 g/mol. The molecular formula is C19H17F2N3O3S. The average Bonchev–Trinajstić information content (AvgIpc) is 2.68.